The molecule has 0 bridgehead atoms. The number of aryl methyl sites for hydroxylation is 1. The Morgan fingerprint density at radius 2 is 1.74 bits per heavy atom. The third-order valence-corrected chi connectivity index (χ3v) is 3.50. The number of likely N-dealkylation sites (N-methyl/N-ethyl adjacent to an activating group) is 1. The molecule has 0 amide bonds. The van der Waals surface area contributed by atoms with Crippen LogP contribution in [0.1, 0.15) is 5.56 Å². The van der Waals surface area contributed by atoms with Gasteiger partial charge in [-0.1, -0.05) is 17.7 Å². The van der Waals surface area contributed by atoms with E-state index in [9.17, 15) is 0 Å². The molecule has 5 nitrogen and oxygen atoms in total. The molecule has 1 fully saturated rings. The molecule has 0 unspecified atom stereocenters. The Hall–Kier alpha value is -1.88. The van der Waals surface area contributed by atoms with Crippen molar-refractivity contribution in [3.05, 3.63) is 29.8 Å². The number of aromatic nitrogens is 2. The third-order valence-electron chi connectivity index (χ3n) is 3.50. The first-order chi connectivity index (χ1) is 9.22. The lowest BCUT2D eigenvalue weighted by molar-refractivity contribution is 0.309. The summed E-state index contributed by atoms with van der Waals surface area (Å²) >= 11 is 0. The first kappa shape index (κ1) is 12.2. The molecule has 0 saturated carbocycles. The molecule has 1 aromatic heterocycles. The molecule has 0 spiro atoms. The van der Waals surface area contributed by atoms with Crippen molar-refractivity contribution in [2.45, 2.75) is 6.92 Å². The molecule has 1 saturated heterocycles. The lowest BCUT2D eigenvalue weighted by Crippen LogP contribution is -2.44. The van der Waals surface area contributed by atoms with Crippen molar-refractivity contribution in [2.24, 2.45) is 0 Å². The summed E-state index contributed by atoms with van der Waals surface area (Å²) in [6.45, 7) is 6.03. The summed E-state index contributed by atoms with van der Waals surface area (Å²) in [5.74, 6) is 1.29. The number of anilines is 1. The summed E-state index contributed by atoms with van der Waals surface area (Å²) < 4.78 is 5.35. The largest absolute Gasteiger partial charge is 0.336 e. The predicted octanol–water partition coefficient (Wildman–Crippen LogP) is 1.80. The maximum absolute atomic E-state index is 5.35. The second kappa shape index (κ2) is 5.01. The van der Waals surface area contributed by atoms with Crippen LogP contribution in [-0.4, -0.2) is 48.3 Å². The first-order valence-corrected chi connectivity index (χ1v) is 6.56. The Morgan fingerprint density at radius 3 is 2.42 bits per heavy atom. The topological polar surface area (TPSA) is 45.4 Å². The second-order valence-corrected chi connectivity index (χ2v) is 5.06. The van der Waals surface area contributed by atoms with Gasteiger partial charge in [0.15, 0.2) is 0 Å². The van der Waals surface area contributed by atoms with Gasteiger partial charge in [-0.05, 0) is 31.3 Å². The molecular weight excluding hydrogens is 240 g/mol. The molecular formula is C14H18N4O. The fraction of sp³-hybridized carbons (Fsp3) is 0.429. The van der Waals surface area contributed by atoms with Crippen molar-refractivity contribution in [3.63, 3.8) is 0 Å². The SMILES string of the molecule is Cc1ccc(-c2nc(N3CCN(C)CC3)no2)cc1. The van der Waals surface area contributed by atoms with E-state index >= 15 is 0 Å². The van der Waals surface area contributed by atoms with Crippen molar-refractivity contribution in [1.82, 2.24) is 15.0 Å². The Labute approximate surface area is 112 Å². The molecule has 100 valence electrons. The first-order valence-electron chi connectivity index (χ1n) is 6.56. The number of piperazine rings is 1. The molecule has 19 heavy (non-hydrogen) atoms. The number of nitrogens with zero attached hydrogens (tertiary/aromatic N) is 4. The van der Waals surface area contributed by atoms with Gasteiger partial charge in [0.1, 0.15) is 0 Å². The van der Waals surface area contributed by atoms with Crippen LogP contribution in [0.15, 0.2) is 28.8 Å². The zero-order chi connectivity index (χ0) is 13.2. The Kier molecular flexibility index (Phi) is 3.21. The van der Waals surface area contributed by atoms with E-state index in [1.165, 1.54) is 5.56 Å². The van der Waals surface area contributed by atoms with E-state index < -0.39 is 0 Å². The maximum atomic E-state index is 5.35. The fourth-order valence-corrected chi connectivity index (χ4v) is 2.16. The van der Waals surface area contributed by atoms with Crippen LogP contribution in [0, 0.1) is 6.92 Å². The molecule has 1 aliphatic heterocycles. The summed E-state index contributed by atoms with van der Waals surface area (Å²) in [4.78, 5) is 8.96. The molecule has 2 heterocycles. The zero-order valence-electron chi connectivity index (χ0n) is 11.3. The Balaban J connectivity index is 1.77. The fourth-order valence-electron chi connectivity index (χ4n) is 2.16. The Bertz CT molecular complexity index is 541. The second-order valence-electron chi connectivity index (χ2n) is 5.06. The molecule has 0 atom stereocenters. The Morgan fingerprint density at radius 1 is 1.05 bits per heavy atom. The van der Waals surface area contributed by atoms with Gasteiger partial charge in [-0.25, -0.2) is 0 Å². The smallest absolute Gasteiger partial charge is 0.266 e. The number of hydrogen-bond donors (Lipinski definition) is 0. The summed E-state index contributed by atoms with van der Waals surface area (Å²) in [5.41, 5.74) is 2.20. The molecule has 0 N–H and O–H groups in total. The van der Waals surface area contributed by atoms with Gasteiger partial charge in [0.25, 0.3) is 11.8 Å². The average Bonchev–Trinajstić information content (AvgIpc) is 2.90. The minimum absolute atomic E-state index is 0.592. The van der Waals surface area contributed by atoms with E-state index in [-0.39, 0.29) is 0 Å². The molecule has 0 aliphatic carbocycles. The van der Waals surface area contributed by atoms with E-state index in [4.69, 9.17) is 4.52 Å². The number of hydrogen-bond acceptors (Lipinski definition) is 5. The molecule has 1 aromatic carbocycles. The van der Waals surface area contributed by atoms with Gasteiger partial charge in [0, 0.05) is 31.7 Å². The van der Waals surface area contributed by atoms with Gasteiger partial charge in [0.2, 0.25) is 0 Å². The standard InChI is InChI=1S/C14H18N4O/c1-11-3-5-12(6-4-11)13-15-14(16-19-13)18-9-7-17(2)8-10-18/h3-6H,7-10H2,1-2H3. The van der Waals surface area contributed by atoms with Gasteiger partial charge < -0.3 is 14.3 Å². The minimum Gasteiger partial charge on any atom is -0.336 e. The average molecular weight is 258 g/mol. The van der Waals surface area contributed by atoms with Crippen LogP contribution < -0.4 is 4.90 Å². The summed E-state index contributed by atoms with van der Waals surface area (Å²) in [5, 5.41) is 4.09. The highest BCUT2D eigenvalue weighted by Crippen LogP contribution is 2.21. The maximum Gasteiger partial charge on any atom is 0.266 e. The molecule has 3 rings (SSSR count). The summed E-state index contributed by atoms with van der Waals surface area (Å²) in [6, 6.07) is 8.12. The predicted molar refractivity (Wildman–Crippen MR) is 74.2 cm³/mol. The van der Waals surface area contributed by atoms with Crippen LogP contribution >= 0.6 is 0 Å². The van der Waals surface area contributed by atoms with E-state index in [0.717, 1.165) is 31.7 Å². The number of rotatable bonds is 2. The monoisotopic (exact) mass is 258 g/mol. The highest BCUT2D eigenvalue weighted by Gasteiger charge is 2.19. The highest BCUT2D eigenvalue weighted by atomic mass is 16.5. The van der Waals surface area contributed by atoms with Gasteiger partial charge in [-0.2, -0.15) is 4.98 Å². The molecule has 0 radical (unpaired) electrons. The highest BCUT2D eigenvalue weighted by molar-refractivity contribution is 5.54. The van der Waals surface area contributed by atoms with Gasteiger partial charge in [-0.15, -0.1) is 0 Å². The van der Waals surface area contributed by atoms with Crippen molar-refractivity contribution in [1.29, 1.82) is 0 Å². The minimum atomic E-state index is 0.592. The van der Waals surface area contributed by atoms with Crippen LogP contribution in [0.2, 0.25) is 0 Å². The van der Waals surface area contributed by atoms with E-state index in [1.807, 2.05) is 12.1 Å². The van der Waals surface area contributed by atoms with Crippen molar-refractivity contribution in [3.8, 4) is 11.5 Å². The van der Waals surface area contributed by atoms with E-state index in [0.29, 0.717) is 11.8 Å². The molecule has 1 aliphatic rings. The van der Waals surface area contributed by atoms with Gasteiger partial charge in [0.05, 0.1) is 0 Å². The summed E-state index contributed by atoms with van der Waals surface area (Å²) in [6.07, 6.45) is 0. The van der Waals surface area contributed by atoms with Crippen LogP contribution in [0.5, 0.6) is 0 Å². The van der Waals surface area contributed by atoms with Crippen LogP contribution in [0.3, 0.4) is 0 Å². The third kappa shape index (κ3) is 2.61. The lowest BCUT2D eigenvalue weighted by Gasteiger charge is -2.31. The molecule has 2 aromatic rings. The van der Waals surface area contributed by atoms with Gasteiger partial charge >= 0.3 is 0 Å². The van der Waals surface area contributed by atoms with Crippen molar-refractivity contribution in [2.75, 3.05) is 38.1 Å². The van der Waals surface area contributed by atoms with Crippen LogP contribution in [-0.2, 0) is 0 Å². The summed E-state index contributed by atoms with van der Waals surface area (Å²) in [7, 11) is 2.13. The molecule has 5 heteroatoms. The quantitative estimate of drug-likeness (QED) is 0.822. The van der Waals surface area contributed by atoms with Crippen molar-refractivity contribution < 1.29 is 4.52 Å². The van der Waals surface area contributed by atoms with Crippen molar-refractivity contribution >= 4 is 5.95 Å². The van der Waals surface area contributed by atoms with E-state index in [2.05, 4.69) is 46.0 Å². The van der Waals surface area contributed by atoms with E-state index in [1.54, 1.807) is 0 Å². The van der Waals surface area contributed by atoms with Gasteiger partial charge in [-0.3, -0.25) is 0 Å². The normalized spacial score (nSPS) is 16.8. The van der Waals surface area contributed by atoms with Crippen LogP contribution in [0.25, 0.3) is 11.5 Å². The van der Waals surface area contributed by atoms with Crippen LogP contribution in [0.4, 0.5) is 5.95 Å². The zero-order valence-corrected chi connectivity index (χ0v) is 11.3. The number of benzene rings is 1. The lowest BCUT2D eigenvalue weighted by atomic mass is 10.1.